The molecule has 3 aromatic rings. The van der Waals surface area contributed by atoms with Gasteiger partial charge in [-0.1, -0.05) is 30.3 Å². The highest BCUT2D eigenvalue weighted by atomic mass is 35.5. The average molecular weight is 363 g/mol. The molecule has 0 unspecified atom stereocenters. The maximum Gasteiger partial charge on any atom is 0.175 e. The van der Waals surface area contributed by atoms with Crippen molar-refractivity contribution >= 4 is 40.3 Å². The number of likely N-dealkylation sites (N-methyl/N-ethyl adjacent to an activating group) is 1. The fraction of sp³-hybridized carbons (Fsp3) is 0.312. The van der Waals surface area contributed by atoms with Crippen molar-refractivity contribution in [1.82, 2.24) is 24.8 Å². The van der Waals surface area contributed by atoms with Crippen molar-refractivity contribution in [2.24, 2.45) is 0 Å². The molecule has 0 saturated heterocycles. The summed E-state index contributed by atoms with van der Waals surface area (Å²) in [4.78, 5) is 14.2. The number of aryl methyl sites for hydroxylation is 1. The monoisotopic (exact) mass is 362 g/mol. The van der Waals surface area contributed by atoms with Gasteiger partial charge < -0.3 is 15.6 Å². The lowest BCUT2D eigenvalue weighted by Gasteiger charge is -2.10. The fourth-order valence-corrected chi connectivity index (χ4v) is 3.61. The molecule has 0 aliphatic carbocycles. The number of hydrogen-bond donors (Lipinski definition) is 2. The van der Waals surface area contributed by atoms with Crippen molar-refractivity contribution in [3.63, 3.8) is 0 Å². The molecule has 0 fully saturated rings. The number of aromatic nitrogens is 4. The summed E-state index contributed by atoms with van der Waals surface area (Å²) in [6, 6.07) is 5.84. The number of nitrogen functional groups attached to an aromatic ring is 1. The molecule has 0 aliphatic heterocycles. The zero-order valence-corrected chi connectivity index (χ0v) is 15.2. The van der Waals surface area contributed by atoms with E-state index in [9.17, 15) is 0 Å². The first-order valence-electron chi connectivity index (χ1n) is 7.71. The first-order chi connectivity index (χ1) is 11.6. The smallest absolute Gasteiger partial charge is 0.175 e. The number of rotatable bonds is 6. The quantitative estimate of drug-likeness (QED) is 0.655. The SMILES string of the molecule is CCNCCn1c(Sc2ccc(Cl)cc2C)nc2c(N)ncnc21. The van der Waals surface area contributed by atoms with Crippen LogP contribution in [0.1, 0.15) is 12.5 Å². The van der Waals surface area contributed by atoms with Gasteiger partial charge in [0.2, 0.25) is 0 Å². The molecule has 2 aromatic heterocycles. The minimum atomic E-state index is 0.400. The van der Waals surface area contributed by atoms with Crippen molar-refractivity contribution in [1.29, 1.82) is 0 Å². The Labute approximate surface area is 149 Å². The van der Waals surface area contributed by atoms with Crippen LogP contribution in [0.2, 0.25) is 5.02 Å². The van der Waals surface area contributed by atoms with Crippen molar-refractivity contribution in [3.05, 3.63) is 35.1 Å². The summed E-state index contributed by atoms with van der Waals surface area (Å²) in [6.45, 7) is 6.63. The molecular weight excluding hydrogens is 344 g/mol. The van der Waals surface area contributed by atoms with E-state index in [2.05, 4.69) is 31.8 Å². The van der Waals surface area contributed by atoms with Gasteiger partial charge in [-0.05, 0) is 37.2 Å². The van der Waals surface area contributed by atoms with Crippen LogP contribution in [-0.4, -0.2) is 32.6 Å². The van der Waals surface area contributed by atoms with Crippen LogP contribution in [0.15, 0.2) is 34.6 Å². The van der Waals surface area contributed by atoms with Crippen LogP contribution in [0.4, 0.5) is 5.82 Å². The van der Waals surface area contributed by atoms with E-state index in [4.69, 9.17) is 17.3 Å². The average Bonchev–Trinajstić information content (AvgIpc) is 2.90. The third kappa shape index (κ3) is 3.48. The van der Waals surface area contributed by atoms with Gasteiger partial charge in [0.15, 0.2) is 22.1 Å². The summed E-state index contributed by atoms with van der Waals surface area (Å²) < 4.78 is 2.08. The van der Waals surface area contributed by atoms with E-state index in [0.717, 1.165) is 45.9 Å². The third-order valence-electron chi connectivity index (χ3n) is 3.63. The van der Waals surface area contributed by atoms with Gasteiger partial charge in [0, 0.05) is 23.0 Å². The maximum absolute atomic E-state index is 6.05. The number of imidazole rings is 1. The maximum atomic E-state index is 6.05. The Bertz CT molecular complexity index is 863. The zero-order chi connectivity index (χ0) is 17.1. The van der Waals surface area contributed by atoms with E-state index in [-0.39, 0.29) is 0 Å². The zero-order valence-electron chi connectivity index (χ0n) is 13.6. The normalized spacial score (nSPS) is 11.3. The van der Waals surface area contributed by atoms with Gasteiger partial charge in [-0.25, -0.2) is 15.0 Å². The third-order valence-corrected chi connectivity index (χ3v) is 5.03. The standard InChI is InChI=1S/C16H19ClN6S/c1-3-19-6-7-23-15-13(14(18)20-9-21-15)22-16(23)24-12-5-4-11(17)8-10(12)2/h4-5,8-9,19H,3,6-7H2,1-2H3,(H2,18,20,21). The second kappa shape index (κ2) is 7.38. The molecule has 6 nitrogen and oxygen atoms in total. The van der Waals surface area contributed by atoms with Crippen molar-refractivity contribution in [2.75, 3.05) is 18.8 Å². The molecule has 0 atom stereocenters. The number of fused-ring (bicyclic) bond motifs is 1. The predicted octanol–water partition coefficient (Wildman–Crippen LogP) is 3.13. The topological polar surface area (TPSA) is 81.7 Å². The summed E-state index contributed by atoms with van der Waals surface area (Å²) in [5.41, 5.74) is 8.48. The molecule has 0 spiro atoms. The Balaban J connectivity index is 2.01. The van der Waals surface area contributed by atoms with Crippen LogP contribution in [-0.2, 0) is 6.54 Å². The second-order valence-electron chi connectivity index (χ2n) is 5.34. The van der Waals surface area contributed by atoms with Crippen LogP contribution < -0.4 is 11.1 Å². The van der Waals surface area contributed by atoms with Gasteiger partial charge in [-0.2, -0.15) is 0 Å². The molecule has 0 amide bonds. The Morgan fingerprint density at radius 3 is 2.92 bits per heavy atom. The molecule has 2 heterocycles. The number of nitrogens with one attached hydrogen (secondary N) is 1. The van der Waals surface area contributed by atoms with Crippen molar-refractivity contribution in [2.45, 2.75) is 30.4 Å². The summed E-state index contributed by atoms with van der Waals surface area (Å²) >= 11 is 7.63. The molecule has 24 heavy (non-hydrogen) atoms. The Hall–Kier alpha value is -1.83. The summed E-state index contributed by atoms with van der Waals surface area (Å²) in [6.07, 6.45) is 1.48. The highest BCUT2D eigenvalue weighted by molar-refractivity contribution is 7.99. The van der Waals surface area contributed by atoms with E-state index in [1.54, 1.807) is 11.8 Å². The molecule has 8 heteroatoms. The van der Waals surface area contributed by atoms with E-state index in [0.29, 0.717) is 11.3 Å². The molecular formula is C16H19ClN6S. The van der Waals surface area contributed by atoms with Gasteiger partial charge in [-0.15, -0.1) is 0 Å². The Morgan fingerprint density at radius 1 is 1.33 bits per heavy atom. The Morgan fingerprint density at radius 2 is 2.17 bits per heavy atom. The minimum Gasteiger partial charge on any atom is -0.382 e. The van der Waals surface area contributed by atoms with Crippen LogP contribution in [0.3, 0.4) is 0 Å². The first-order valence-corrected chi connectivity index (χ1v) is 8.91. The number of benzene rings is 1. The number of anilines is 1. The lowest BCUT2D eigenvalue weighted by molar-refractivity contribution is 0.587. The molecule has 0 radical (unpaired) electrons. The number of nitrogens with two attached hydrogens (primary N) is 1. The lowest BCUT2D eigenvalue weighted by Crippen LogP contribution is -2.19. The number of nitrogens with zero attached hydrogens (tertiary/aromatic N) is 4. The summed E-state index contributed by atoms with van der Waals surface area (Å²) in [7, 11) is 0. The van der Waals surface area contributed by atoms with Gasteiger partial charge in [0.05, 0.1) is 0 Å². The first kappa shape index (κ1) is 17.0. The van der Waals surface area contributed by atoms with E-state index < -0.39 is 0 Å². The predicted molar refractivity (Wildman–Crippen MR) is 98.6 cm³/mol. The molecule has 0 bridgehead atoms. The highest BCUT2D eigenvalue weighted by Crippen LogP contribution is 2.33. The molecule has 126 valence electrons. The van der Waals surface area contributed by atoms with Gasteiger partial charge in [0.1, 0.15) is 6.33 Å². The van der Waals surface area contributed by atoms with Crippen LogP contribution in [0.5, 0.6) is 0 Å². The molecule has 1 aromatic carbocycles. The number of hydrogen-bond acceptors (Lipinski definition) is 6. The minimum absolute atomic E-state index is 0.400. The lowest BCUT2D eigenvalue weighted by atomic mass is 10.2. The van der Waals surface area contributed by atoms with Crippen LogP contribution >= 0.6 is 23.4 Å². The Kier molecular flexibility index (Phi) is 5.23. The van der Waals surface area contributed by atoms with Crippen molar-refractivity contribution < 1.29 is 0 Å². The number of halogens is 1. The van der Waals surface area contributed by atoms with Crippen LogP contribution in [0, 0.1) is 6.92 Å². The van der Waals surface area contributed by atoms with Crippen LogP contribution in [0.25, 0.3) is 11.2 Å². The summed E-state index contributed by atoms with van der Waals surface area (Å²) in [5.74, 6) is 0.400. The molecule has 0 saturated carbocycles. The van der Waals surface area contributed by atoms with E-state index in [1.165, 1.54) is 6.33 Å². The molecule has 3 N–H and O–H groups in total. The van der Waals surface area contributed by atoms with E-state index in [1.807, 2.05) is 25.1 Å². The van der Waals surface area contributed by atoms with Crippen molar-refractivity contribution in [3.8, 4) is 0 Å². The van der Waals surface area contributed by atoms with E-state index >= 15 is 0 Å². The largest absolute Gasteiger partial charge is 0.382 e. The summed E-state index contributed by atoms with van der Waals surface area (Å²) in [5, 5.41) is 4.90. The second-order valence-corrected chi connectivity index (χ2v) is 6.79. The molecule has 0 aliphatic rings. The van der Waals surface area contributed by atoms with Gasteiger partial charge >= 0.3 is 0 Å². The fourth-order valence-electron chi connectivity index (χ4n) is 2.41. The molecule has 3 rings (SSSR count). The highest BCUT2D eigenvalue weighted by Gasteiger charge is 2.16. The van der Waals surface area contributed by atoms with Gasteiger partial charge in [-0.3, -0.25) is 0 Å². The van der Waals surface area contributed by atoms with Gasteiger partial charge in [0.25, 0.3) is 0 Å².